The van der Waals surface area contributed by atoms with E-state index in [4.69, 9.17) is 33.2 Å². The minimum atomic E-state index is -1.03. The number of carbonyl (C=O) groups is 3. The number of fused-ring (bicyclic) bond motifs is 1. The number of hydrogen-bond acceptors (Lipinski definition) is 10. The predicted molar refractivity (Wildman–Crippen MR) is 169 cm³/mol. The Hall–Kier alpha value is -3.55. The summed E-state index contributed by atoms with van der Waals surface area (Å²) >= 11 is 0. The minimum absolute atomic E-state index is 0.0185. The lowest BCUT2D eigenvalue weighted by atomic mass is 10.0. The monoisotopic (exact) mass is 654 g/mol. The summed E-state index contributed by atoms with van der Waals surface area (Å²) in [5.41, 5.74) is 1.62. The molecular weight excluding hydrogens is 608 g/mol. The maximum atomic E-state index is 13.9. The van der Waals surface area contributed by atoms with Crippen molar-refractivity contribution >= 4 is 18.0 Å². The molecule has 5 rings (SSSR count). The second kappa shape index (κ2) is 14.7. The van der Waals surface area contributed by atoms with Gasteiger partial charge in [-0.05, 0) is 51.2 Å². The van der Waals surface area contributed by atoms with E-state index >= 15 is 0 Å². The van der Waals surface area contributed by atoms with Gasteiger partial charge in [0.2, 0.25) is 5.91 Å². The minimum Gasteiger partial charge on any atom is -0.455 e. The van der Waals surface area contributed by atoms with Crippen LogP contribution in [0.4, 0.5) is 4.79 Å². The second-order valence-electron chi connectivity index (χ2n) is 13.5. The maximum Gasteiger partial charge on any atom is 0.408 e. The zero-order valence-corrected chi connectivity index (χ0v) is 27.8. The lowest BCUT2D eigenvalue weighted by Crippen LogP contribution is -2.54. The van der Waals surface area contributed by atoms with Gasteiger partial charge in [-0.1, -0.05) is 74.5 Å². The molecule has 2 amide bonds. The van der Waals surface area contributed by atoms with Crippen molar-refractivity contribution < 1.29 is 47.5 Å². The van der Waals surface area contributed by atoms with Gasteiger partial charge in [0.1, 0.15) is 30.9 Å². The molecule has 12 heteroatoms. The molecule has 3 saturated heterocycles. The molecule has 0 radical (unpaired) electrons. The summed E-state index contributed by atoms with van der Waals surface area (Å²) in [6.07, 6.45) is -3.95. The van der Waals surface area contributed by atoms with Crippen LogP contribution in [0.1, 0.15) is 59.1 Å². The van der Waals surface area contributed by atoms with Crippen molar-refractivity contribution in [3.8, 4) is 0 Å². The number of amides is 2. The third-order valence-corrected chi connectivity index (χ3v) is 8.09. The summed E-state index contributed by atoms with van der Waals surface area (Å²) in [4.78, 5) is 40.6. The fourth-order valence-electron chi connectivity index (χ4n) is 5.96. The quantitative estimate of drug-likeness (QED) is 0.323. The Balaban J connectivity index is 1.30. The molecule has 12 nitrogen and oxygen atoms in total. The maximum absolute atomic E-state index is 13.9. The third-order valence-electron chi connectivity index (χ3n) is 8.09. The summed E-state index contributed by atoms with van der Waals surface area (Å²) in [6.45, 7) is 11.3. The van der Waals surface area contributed by atoms with E-state index in [2.05, 4.69) is 10.6 Å². The number of nitrogens with one attached hydrogen (secondary N) is 2. The summed E-state index contributed by atoms with van der Waals surface area (Å²) < 4.78 is 41.5. The second-order valence-corrected chi connectivity index (χ2v) is 13.5. The molecule has 7 atom stereocenters. The first-order valence-corrected chi connectivity index (χ1v) is 16.1. The smallest absolute Gasteiger partial charge is 0.408 e. The number of carbonyl (C=O) groups excluding carboxylic acids is 3. The van der Waals surface area contributed by atoms with Crippen molar-refractivity contribution in [1.82, 2.24) is 10.6 Å². The van der Waals surface area contributed by atoms with E-state index in [1.165, 1.54) is 0 Å². The van der Waals surface area contributed by atoms with Crippen molar-refractivity contribution in [3.05, 3.63) is 71.8 Å². The van der Waals surface area contributed by atoms with Gasteiger partial charge in [0.15, 0.2) is 30.1 Å². The number of alkyl carbamates (subject to hydrolysis) is 1. The van der Waals surface area contributed by atoms with Gasteiger partial charge in [0.25, 0.3) is 0 Å². The van der Waals surface area contributed by atoms with E-state index in [1.54, 1.807) is 27.7 Å². The molecular formula is C35H46N2O10. The molecule has 2 aromatic rings. The highest BCUT2D eigenvalue weighted by atomic mass is 16.8. The molecule has 47 heavy (non-hydrogen) atoms. The van der Waals surface area contributed by atoms with Gasteiger partial charge in [0.05, 0.1) is 6.61 Å². The van der Waals surface area contributed by atoms with Crippen LogP contribution >= 0.6 is 0 Å². The molecule has 3 fully saturated rings. The summed E-state index contributed by atoms with van der Waals surface area (Å²) in [6, 6.07) is 16.4. The van der Waals surface area contributed by atoms with Crippen molar-refractivity contribution in [2.75, 3.05) is 6.61 Å². The summed E-state index contributed by atoms with van der Waals surface area (Å²) in [5.74, 6) is -2.99. The average molecular weight is 655 g/mol. The van der Waals surface area contributed by atoms with Crippen LogP contribution in [-0.2, 0) is 55.8 Å². The Labute approximate surface area is 275 Å². The first-order chi connectivity index (χ1) is 22.3. The lowest BCUT2D eigenvalue weighted by Gasteiger charge is -2.30. The number of rotatable bonds is 12. The zero-order chi connectivity index (χ0) is 33.8. The van der Waals surface area contributed by atoms with E-state index < -0.39 is 72.3 Å². The van der Waals surface area contributed by atoms with Gasteiger partial charge in [-0.15, -0.1) is 0 Å². The van der Waals surface area contributed by atoms with E-state index in [0.29, 0.717) is 0 Å². The Morgan fingerprint density at radius 3 is 2.11 bits per heavy atom. The van der Waals surface area contributed by atoms with Crippen LogP contribution in [0, 0.1) is 5.92 Å². The molecule has 2 N–H and O–H groups in total. The van der Waals surface area contributed by atoms with E-state index in [-0.39, 0.29) is 32.0 Å². The molecule has 0 aliphatic carbocycles. The van der Waals surface area contributed by atoms with Gasteiger partial charge >= 0.3 is 12.1 Å². The molecule has 2 aromatic carbocycles. The molecule has 256 valence electrons. The van der Waals surface area contributed by atoms with E-state index in [9.17, 15) is 14.4 Å². The van der Waals surface area contributed by atoms with Crippen LogP contribution in [0.2, 0.25) is 0 Å². The molecule has 3 aliphatic heterocycles. The Bertz CT molecular complexity index is 1370. The van der Waals surface area contributed by atoms with Crippen LogP contribution < -0.4 is 10.6 Å². The Morgan fingerprint density at radius 2 is 1.49 bits per heavy atom. The predicted octanol–water partition coefficient (Wildman–Crippen LogP) is 3.99. The van der Waals surface area contributed by atoms with Crippen molar-refractivity contribution in [2.45, 2.75) is 115 Å². The number of esters is 1. The number of benzene rings is 2. The standard InChI is InChI=1S/C35H46N2O10/c1-21(2)17-25(31(39)43-28-27(26-20-42-34(3,4)45-26)44-32-29(28)46-35(5,6)47-32)36-30(38)24(18-22-13-9-7-10-14-22)37-33(40)41-19-23-15-11-8-12-16-23/h7-16,21,24-29,32H,17-20H2,1-6H3,(H,36,38)(H,37,40)/t24-,25-,26+,27+,28?,29?,32?/m1/s1. The largest absolute Gasteiger partial charge is 0.455 e. The molecule has 0 aromatic heterocycles. The van der Waals surface area contributed by atoms with Gasteiger partial charge < -0.3 is 43.8 Å². The average Bonchev–Trinajstić information content (AvgIpc) is 3.64. The van der Waals surface area contributed by atoms with E-state index in [0.717, 1.165) is 11.1 Å². The van der Waals surface area contributed by atoms with Crippen molar-refractivity contribution in [2.24, 2.45) is 5.92 Å². The van der Waals surface area contributed by atoms with Crippen LogP contribution in [-0.4, -0.2) is 78.9 Å². The van der Waals surface area contributed by atoms with Gasteiger partial charge in [-0.25, -0.2) is 9.59 Å². The van der Waals surface area contributed by atoms with Crippen LogP contribution in [0.25, 0.3) is 0 Å². The molecule has 0 bridgehead atoms. The van der Waals surface area contributed by atoms with Crippen LogP contribution in [0.5, 0.6) is 0 Å². The first-order valence-electron chi connectivity index (χ1n) is 16.1. The SMILES string of the molecule is CC(C)C[C@@H](NC(=O)[C@@H](Cc1ccccc1)NC(=O)OCc1ccccc1)C(=O)OC1C2OC(C)(C)OC2O[C@H]1[C@@H]1COC(C)(C)O1. The molecule has 3 heterocycles. The fraction of sp³-hybridized carbons (Fsp3) is 0.571. The Morgan fingerprint density at radius 1 is 0.830 bits per heavy atom. The van der Waals surface area contributed by atoms with E-state index in [1.807, 2.05) is 74.5 Å². The molecule has 0 saturated carbocycles. The first kappa shape index (κ1) is 34.8. The highest BCUT2D eigenvalue weighted by Gasteiger charge is 2.60. The fourth-order valence-corrected chi connectivity index (χ4v) is 5.96. The number of hydrogen-bond donors (Lipinski definition) is 2. The van der Waals surface area contributed by atoms with Crippen molar-refractivity contribution in [1.29, 1.82) is 0 Å². The number of ether oxygens (including phenoxy) is 7. The summed E-state index contributed by atoms with van der Waals surface area (Å²) in [7, 11) is 0. The van der Waals surface area contributed by atoms with Gasteiger partial charge in [-0.2, -0.15) is 0 Å². The third kappa shape index (κ3) is 9.29. The highest BCUT2D eigenvalue weighted by molar-refractivity contribution is 5.90. The molecule has 3 unspecified atom stereocenters. The topological polar surface area (TPSA) is 140 Å². The lowest BCUT2D eigenvalue weighted by molar-refractivity contribution is -0.235. The van der Waals surface area contributed by atoms with Crippen molar-refractivity contribution in [3.63, 3.8) is 0 Å². The van der Waals surface area contributed by atoms with Crippen LogP contribution in [0.15, 0.2) is 60.7 Å². The van der Waals surface area contributed by atoms with Crippen LogP contribution in [0.3, 0.4) is 0 Å². The van der Waals surface area contributed by atoms with Gasteiger partial charge in [0, 0.05) is 6.42 Å². The normalized spacial score (nSPS) is 27.1. The Kier molecular flexibility index (Phi) is 10.9. The molecule has 3 aliphatic rings. The highest BCUT2D eigenvalue weighted by Crippen LogP contribution is 2.42. The zero-order valence-electron chi connectivity index (χ0n) is 27.8. The summed E-state index contributed by atoms with van der Waals surface area (Å²) in [5, 5.41) is 5.53. The molecule has 0 spiro atoms. The van der Waals surface area contributed by atoms with Gasteiger partial charge in [-0.3, -0.25) is 4.79 Å².